The van der Waals surface area contributed by atoms with Gasteiger partial charge in [0.2, 0.25) is 0 Å². The molecule has 0 saturated heterocycles. The second-order valence-electron chi connectivity index (χ2n) is 3.96. The van der Waals surface area contributed by atoms with Gasteiger partial charge in [0, 0.05) is 25.0 Å². The standard InChI is InChI=1S/C14H15FO4/c1-9(8-12-6-4-5-7-13(12)15)14(18-10(2)16)19-11(3)17/h4-8,14H,1-3H3. The number of carbonyl (C=O) groups is 2. The molecule has 0 spiro atoms. The Morgan fingerprint density at radius 1 is 1.11 bits per heavy atom. The van der Waals surface area contributed by atoms with E-state index in [0.29, 0.717) is 11.1 Å². The van der Waals surface area contributed by atoms with Crippen LogP contribution in [0.3, 0.4) is 0 Å². The van der Waals surface area contributed by atoms with E-state index in [-0.39, 0.29) is 0 Å². The minimum atomic E-state index is -1.14. The van der Waals surface area contributed by atoms with Crippen molar-refractivity contribution in [1.29, 1.82) is 0 Å². The SMILES string of the molecule is CC(=O)OC(OC(C)=O)C(C)=Cc1ccccc1F. The number of halogens is 1. The van der Waals surface area contributed by atoms with Gasteiger partial charge in [0.1, 0.15) is 5.82 Å². The summed E-state index contributed by atoms with van der Waals surface area (Å²) in [6, 6.07) is 6.12. The molecule has 0 heterocycles. The van der Waals surface area contributed by atoms with E-state index in [1.807, 2.05) is 0 Å². The highest BCUT2D eigenvalue weighted by Gasteiger charge is 2.17. The van der Waals surface area contributed by atoms with Crippen LogP contribution in [0.25, 0.3) is 6.08 Å². The molecule has 0 radical (unpaired) electrons. The van der Waals surface area contributed by atoms with Crippen molar-refractivity contribution in [3.63, 3.8) is 0 Å². The summed E-state index contributed by atoms with van der Waals surface area (Å²) in [7, 11) is 0. The van der Waals surface area contributed by atoms with Gasteiger partial charge in [0.15, 0.2) is 0 Å². The fourth-order valence-electron chi connectivity index (χ4n) is 1.42. The van der Waals surface area contributed by atoms with E-state index in [1.165, 1.54) is 26.0 Å². The van der Waals surface area contributed by atoms with Gasteiger partial charge in [0.25, 0.3) is 6.29 Å². The topological polar surface area (TPSA) is 52.6 Å². The highest BCUT2D eigenvalue weighted by Crippen LogP contribution is 2.16. The summed E-state index contributed by atoms with van der Waals surface area (Å²) in [6.07, 6.45) is 0.320. The molecule has 0 atom stereocenters. The molecule has 1 rings (SSSR count). The molecular formula is C14H15FO4. The summed E-state index contributed by atoms with van der Waals surface area (Å²) in [4.78, 5) is 21.9. The van der Waals surface area contributed by atoms with Crippen LogP contribution in [0, 0.1) is 5.82 Å². The Morgan fingerprint density at radius 3 is 2.11 bits per heavy atom. The van der Waals surface area contributed by atoms with Crippen LogP contribution < -0.4 is 0 Å². The maximum absolute atomic E-state index is 13.5. The maximum Gasteiger partial charge on any atom is 0.305 e. The van der Waals surface area contributed by atoms with E-state index in [1.54, 1.807) is 25.1 Å². The Hall–Kier alpha value is -2.17. The number of carbonyl (C=O) groups excluding carboxylic acids is 2. The molecule has 5 heteroatoms. The lowest BCUT2D eigenvalue weighted by molar-refractivity contribution is -0.177. The minimum absolute atomic E-state index is 0.323. The average molecular weight is 266 g/mol. The van der Waals surface area contributed by atoms with Gasteiger partial charge in [-0.25, -0.2) is 4.39 Å². The van der Waals surface area contributed by atoms with Crippen molar-refractivity contribution in [2.24, 2.45) is 0 Å². The number of benzene rings is 1. The van der Waals surface area contributed by atoms with Crippen LogP contribution in [0.2, 0.25) is 0 Å². The zero-order chi connectivity index (χ0) is 14.4. The lowest BCUT2D eigenvalue weighted by Gasteiger charge is -2.17. The van der Waals surface area contributed by atoms with Gasteiger partial charge in [-0.1, -0.05) is 18.2 Å². The lowest BCUT2D eigenvalue weighted by atomic mass is 10.1. The van der Waals surface area contributed by atoms with Crippen LogP contribution in [0.15, 0.2) is 29.8 Å². The third kappa shape index (κ3) is 4.91. The quantitative estimate of drug-likeness (QED) is 0.621. The fourth-order valence-corrected chi connectivity index (χ4v) is 1.42. The van der Waals surface area contributed by atoms with Gasteiger partial charge >= 0.3 is 11.9 Å². The number of hydrogen-bond donors (Lipinski definition) is 0. The first-order valence-corrected chi connectivity index (χ1v) is 5.67. The van der Waals surface area contributed by atoms with Crippen LogP contribution in [-0.4, -0.2) is 18.2 Å². The van der Waals surface area contributed by atoms with Crippen molar-refractivity contribution in [3.05, 3.63) is 41.2 Å². The van der Waals surface area contributed by atoms with E-state index in [0.717, 1.165) is 0 Å². The average Bonchev–Trinajstić information content (AvgIpc) is 2.30. The van der Waals surface area contributed by atoms with Gasteiger partial charge in [-0.05, 0) is 19.1 Å². The second-order valence-corrected chi connectivity index (χ2v) is 3.96. The van der Waals surface area contributed by atoms with E-state index >= 15 is 0 Å². The molecule has 0 N–H and O–H groups in total. The molecule has 0 fully saturated rings. The van der Waals surface area contributed by atoms with Crippen molar-refractivity contribution in [3.8, 4) is 0 Å². The fraction of sp³-hybridized carbons (Fsp3) is 0.286. The molecule has 4 nitrogen and oxygen atoms in total. The van der Waals surface area contributed by atoms with Gasteiger partial charge in [-0.2, -0.15) is 0 Å². The molecule has 102 valence electrons. The summed E-state index contributed by atoms with van der Waals surface area (Å²) in [5, 5.41) is 0. The molecule has 0 saturated carbocycles. The third-order valence-corrected chi connectivity index (χ3v) is 2.21. The predicted octanol–water partition coefficient (Wildman–Crippen LogP) is 2.68. The van der Waals surface area contributed by atoms with E-state index in [2.05, 4.69) is 0 Å². The first-order chi connectivity index (χ1) is 8.90. The van der Waals surface area contributed by atoms with Crippen LogP contribution in [0.4, 0.5) is 4.39 Å². The zero-order valence-corrected chi connectivity index (χ0v) is 11.0. The van der Waals surface area contributed by atoms with Gasteiger partial charge in [-0.3, -0.25) is 9.59 Å². The normalized spacial score (nSPS) is 11.3. The third-order valence-electron chi connectivity index (χ3n) is 2.21. The zero-order valence-electron chi connectivity index (χ0n) is 11.0. The van der Waals surface area contributed by atoms with Crippen LogP contribution in [-0.2, 0) is 19.1 Å². The predicted molar refractivity (Wildman–Crippen MR) is 67.4 cm³/mol. The summed E-state index contributed by atoms with van der Waals surface area (Å²) >= 11 is 0. The van der Waals surface area contributed by atoms with E-state index in [4.69, 9.17) is 9.47 Å². The summed E-state index contributed by atoms with van der Waals surface area (Å²) in [5.41, 5.74) is 0.736. The van der Waals surface area contributed by atoms with Crippen molar-refractivity contribution in [2.75, 3.05) is 0 Å². The van der Waals surface area contributed by atoms with Gasteiger partial charge in [0.05, 0.1) is 0 Å². The Labute approximate surface area is 110 Å². The minimum Gasteiger partial charge on any atom is -0.421 e. The molecule has 0 bridgehead atoms. The highest BCUT2D eigenvalue weighted by molar-refractivity contribution is 5.69. The van der Waals surface area contributed by atoms with Crippen molar-refractivity contribution in [1.82, 2.24) is 0 Å². The molecule has 19 heavy (non-hydrogen) atoms. The second kappa shape index (κ2) is 6.68. The monoisotopic (exact) mass is 266 g/mol. The Kier molecular flexibility index (Phi) is 5.23. The molecule has 0 unspecified atom stereocenters. The highest BCUT2D eigenvalue weighted by atomic mass is 19.1. The Bertz CT molecular complexity index is 492. The summed E-state index contributed by atoms with van der Waals surface area (Å²) < 4.78 is 23.2. The Balaban J connectivity index is 2.98. The number of ether oxygens (including phenoxy) is 2. The van der Waals surface area contributed by atoms with Crippen molar-refractivity contribution in [2.45, 2.75) is 27.1 Å². The molecule has 0 aliphatic carbocycles. The number of rotatable bonds is 4. The summed E-state index contributed by atoms with van der Waals surface area (Å²) in [6.45, 7) is 3.99. The van der Waals surface area contributed by atoms with Crippen LogP contribution >= 0.6 is 0 Å². The van der Waals surface area contributed by atoms with E-state index in [9.17, 15) is 14.0 Å². The molecule has 1 aromatic carbocycles. The number of hydrogen-bond acceptors (Lipinski definition) is 4. The van der Waals surface area contributed by atoms with Crippen LogP contribution in [0.5, 0.6) is 0 Å². The van der Waals surface area contributed by atoms with Crippen LogP contribution in [0.1, 0.15) is 26.3 Å². The smallest absolute Gasteiger partial charge is 0.305 e. The molecule has 0 amide bonds. The van der Waals surface area contributed by atoms with Gasteiger partial charge < -0.3 is 9.47 Å². The van der Waals surface area contributed by atoms with Crippen molar-refractivity contribution >= 4 is 18.0 Å². The largest absolute Gasteiger partial charge is 0.421 e. The Morgan fingerprint density at radius 2 is 1.63 bits per heavy atom. The molecule has 0 aromatic heterocycles. The number of esters is 2. The summed E-state index contributed by atoms with van der Waals surface area (Å²) in [5.74, 6) is -1.59. The lowest BCUT2D eigenvalue weighted by Crippen LogP contribution is -2.23. The maximum atomic E-state index is 13.5. The molecular weight excluding hydrogens is 251 g/mol. The van der Waals surface area contributed by atoms with Gasteiger partial charge in [-0.15, -0.1) is 0 Å². The van der Waals surface area contributed by atoms with Crippen molar-refractivity contribution < 1.29 is 23.5 Å². The first-order valence-electron chi connectivity index (χ1n) is 5.67. The molecule has 1 aromatic rings. The molecule has 0 aliphatic rings. The molecule has 0 aliphatic heterocycles. The van der Waals surface area contributed by atoms with E-state index < -0.39 is 24.0 Å². The first kappa shape index (κ1) is 14.9.